The Morgan fingerprint density at radius 1 is 1.19 bits per heavy atom. The molecule has 0 spiro atoms. The second-order valence-electron chi connectivity index (χ2n) is 5.95. The molecule has 4 rings (SSSR count). The van der Waals surface area contributed by atoms with E-state index in [1.807, 2.05) is 54.8 Å². The third-order valence-corrected chi connectivity index (χ3v) is 6.49. The molecule has 0 aliphatic rings. The van der Waals surface area contributed by atoms with Gasteiger partial charge < -0.3 is 4.42 Å². The second kappa shape index (κ2) is 7.80. The Morgan fingerprint density at radius 2 is 2.00 bits per heavy atom. The molecular formula is C19H16ClN3O2S2. The van der Waals surface area contributed by atoms with Gasteiger partial charge in [-0.1, -0.05) is 35.9 Å². The molecule has 0 radical (unpaired) electrons. The molecule has 8 heteroatoms. The van der Waals surface area contributed by atoms with Crippen molar-refractivity contribution >= 4 is 33.7 Å². The Morgan fingerprint density at radius 3 is 2.74 bits per heavy atom. The van der Waals surface area contributed by atoms with E-state index in [2.05, 4.69) is 10.1 Å². The molecule has 3 heterocycles. The average molecular weight is 418 g/mol. The van der Waals surface area contributed by atoms with E-state index in [-0.39, 0.29) is 0 Å². The molecule has 0 aliphatic carbocycles. The van der Waals surface area contributed by atoms with E-state index in [9.17, 15) is 4.21 Å². The van der Waals surface area contributed by atoms with Crippen molar-refractivity contribution in [1.82, 2.24) is 14.8 Å². The maximum atomic E-state index is 12.7. The molecule has 5 nitrogen and oxygen atoms in total. The summed E-state index contributed by atoms with van der Waals surface area (Å²) in [5, 5.41) is 6.95. The van der Waals surface area contributed by atoms with Crippen molar-refractivity contribution in [2.45, 2.75) is 18.4 Å². The fraction of sp³-hybridized carbons (Fsp3) is 0.158. The van der Waals surface area contributed by atoms with Crippen molar-refractivity contribution in [2.75, 3.05) is 0 Å². The van der Waals surface area contributed by atoms with Crippen molar-refractivity contribution in [3.05, 3.63) is 76.2 Å². The highest BCUT2D eigenvalue weighted by Crippen LogP contribution is 2.26. The number of hydrogen-bond acceptors (Lipinski definition) is 5. The summed E-state index contributed by atoms with van der Waals surface area (Å²) in [7, 11) is -1.18. The van der Waals surface area contributed by atoms with Crippen molar-refractivity contribution in [2.24, 2.45) is 0 Å². The van der Waals surface area contributed by atoms with Gasteiger partial charge in [-0.2, -0.15) is 5.10 Å². The molecule has 0 fully saturated rings. The number of aromatic nitrogens is 3. The summed E-state index contributed by atoms with van der Waals surface area (Å²) in [6.45, 7) is 1.88. The van der Waals surface area contributed by atoms with Crippen LogP contribution in [0.2, 0.25) is 5.15 Å². The second-order valence-corrected chi connectivity index (χ2v) is 8.71. The van der Waals surface area contributed by atoms with Crippen LogP contribution >= 0.6 is 22.9 Å². The SMILES string of the molecule is Cc1nn(-c2ccccc2)c(Cl)c1C[S@@](=O)Cc1coc(-c2cccs2)n1. The quantitative estimate of drug-likeness (QED) is 0.443. The highest BCUT2D eigenvalue weighted by molar-refractivity contribution is 7.83. The maximum Gasteiger partial charge on any atom is 0.236 e. The predicted octanol–water partition coefficient (Wildman–Crippen LogP) is 5.00. The van der Waals surface area contributed by atoms with Gasteiger partial charge in [-0.25, -0.2) is 9.67 Å². The van der Waals surface area contributed by atoms with Crippen molar-refractivity contribution in [3.63, 3.8) is 0 Å². The summed E-state index contributed by atoms with van der Waals surface area (Å²) in [5.74, 6) is 1.18. The third-order valence-electron chi connectivity index (χ3n) is 4.02. The number of para-hydroxylation sites is 1. The lowest BCUT2D eigenvalue weighted by Crippen LogP contribution is -2.01. The van der Waals surface area contributed by atoms with Crippen LogP contribution in [0, 0.1) is 6.92 Å². The van der Waals surface area contributed by atoms with Crippen LogP contribution in [-0.4, -0.2) is 19.0 Å². The first-order chi connectivity index (χ1) is 13.1. The lowest BCUT2D eigenvalue weighted by Gasteiger charge is -2.03. The van der Waals surface area contributed by atoms with Crippen LogP contribution in [0.1, 0.15) is 17.0 Å². The highest BCUT2D eigenvalue weighted by atomic mass is 35.5. The number of halogens is 1. The third kappa shape index (κ3) is 3.90. The number of nitrogens with zero attached hydrogens (tertiary/aromatic N) is 3. The minimum atomic E-state index is -1.18. The summed E-state index contributed by atoms with van der Waals surface area (Å²) in [6, 6.07) is 13.5. The molecule has 0 N–H and O–H groups in total. The van der Waals surface area contributed by atoms with Gasteiger partial charge in [-0.05, 0) is 30.5 Å². The van der Waals surface area contributed by atoms with E-state index in [0.29, 0.717) is 28.2 Å². The normalized spacial score (nSPS) is 12.4. The fourth-order valence-corrected chi connectivity index (χ4v) is 5.01. The lowest BCUT2D eigenvalue weighted by atomic mass is 10.3. The zero-order valence-corrected chi connectivity index (χ0v) is 16.9. The van der Waals surface area contributed by atoms with Gasteiger partial charge in [-0.15, -0.1) is 11.3 Å². The Hall–Kier alpha value is -2.22. The van der Waals surface area contributed by atoms with Crippen molar-refractivity contribution < 1.29 is 8.63 Å². The number of rotatable bonds is 6. The first kappa shape index (κ1) is 18.2. The molecule has 0 saturated carbocycles. The van der Waals surface area contributed by atoms with Gasteiger partial charge in [0.2, 0.25) is 5.89 Å². The molecule has 0 unspecified atom stereocenters. The summed E-state index contributed by atoms with van der Waals surface area (Å²) >= 11 is 8.07. The summed E-state index contributed by atoms with van der Waals surface area (Å²) in [4.78, 5) is 5.38. The van der Waals surface area contributed by atoms with Crippen LogP contribution < -0.4 is 0 Å². The van der Waals surface area contributed by atoms with Gasteiger partial charge in [0.05, 0.1) is 33.5 Å². The standard InChI is InChI=1S/C19H16ClN3O2S2/c1-13-16(18(20)23(22-13)15-6-3-2-4-7-15)12-27(24)11-14-10-25-19(21-14)17-8-5-9-26-17/h2-10H,11-12H2,1H3/t27-/m0/s1. The van der Waals surface area contributed by atoms with Gasteiger partial charge >= 0.3 is 0 Å². The Kier molecular flexibility index (Phi) is 5.24. The van der Waals surface area contributed by atoms with Gasteiger partial charge in [0.1, 0.15) is 11.4 Å². The van der Waals surface area contributed by atoms with E-state index in [4.69, 9.17) is 16.0 Å². The molecule has 1 atom stereocenters. The van der Waals surface area contributed by atoms with E-state index in [0.717, 1.165) is 21.8 Å². The minimum absolute atomic E-state index is 0.307. The fourth-order valence-electron chi connectivity index (χ4n) is 2.70. The number of hydrogen-bond donors (Lipinski definition) is 0. The predicted molar refractivity (Wildman–Crippen MR) is 109 cm³/mol. The number of oxazole rings is 1. The van der Waals surface area contributed by atoms with Gasteiger partial charge in [-0.3, -0.25) is 4.21 Å². The monoisotopic (exact) mass is 417 g/mol. The molecule has 0 amide bonds. The number of aryl methyl sites for hydroxylation is 1. The van der Waals surface area contributed by atoms with Gasteiger partial charge in [0.15, 0.2) is 0 Å². The van der Waals surface area contributed by atoms with Crippen LogP contribution in [-0.2, 0) is 22.3 Å². The van der Waals surface area contributed by atoms with Crippen molar-refractivity contribution in [1.29, 1.82) is 0 Å². The van der Waals surface area contributed by atoms with E-state index in [1.165, 1.54) is 0 Å². The van der Waals surface area contributed by atoms with Gasteiger partial charge in [0.25, 0.3) is 0 Å². The van der Waals surface area contributed by atoms with E-state index >= 15 is 0 Å². The zero-order valence-electron chi connectivity index (χ0n) is 14.5. The average Bonchev–Trinajstić information content (AvgIpc) is 3.40. The summed E-state index contributed by atoms with van der Waals surface area (Å²) in [5.41, 5.74) is 3.11. The Labute approximate surface area is 168 Å². The number of benzene rings is 1. The van der Waals surface area contributed by atoms with Crippen LogP contribution in [0.3, 0.4) is 0 Å². The molecule has 138 valence electrons. The Bertz CT molecular complexity index is 1070. The molecule has 4 aromatic rings. The largest absolute Gasteiger partial charge is 0.444 e. The number of thiophene rings is 1. The van der Waals surface area contributed by atoms with Crippen LogP contribution in [0.15, 0.2) is 58.5 Å². The molecule has 0 bridgehead atoms. The topological polar surface area (TPSA) is 60.9 Å². The molecule has 1 aromatic carbocycles. The molecule has 27 heavy (non-hydrogen) atoms. The first-order valence-electron chi connectivity index (χ1n) is 8.24. The minimum Gasteiger partial charge on any atom is -0.444 e. The van der Waals surface area contributed by atoms with Crippen LogP contribution in [0.25, 0.3) is 16.5 Å². The summed E-state index contributed by atoms with van der Waals surface area (Å²) in [6.07, 6.45) is 1.56. The molecular weight excluding hydrogens is 402 g/mol. The zero-order chi connectivity index (χ0) is 18.8. The van der Waals surface area contributed by atoms with E-state index < -0.39 is 10.8 Å². The van der Waals surface area contributed by atoms with Crippen LogP contribution in [0.4, 0.5) is 0 Å². The lowest BCUT2D eigenvalue weighted by molar-refractivity contribution is 0.574. The smallest absolute Gasteiger partial charge is 0.236 e. The van der Waals surface area contributed by atoms with Gasteiger partial charge in [0, 0.05) is 16.4 Å². The summed E-state index contributed by atoms with van der Waals surface area (Å²) < 4.78 is 19.8. The molecule has 3 aromatic heterocycles. The Balaban J connectivity index is 1.50. The highest BCUT2D eigenvalue weighted by Gasteiger charge is 2.18. The molecule has 0 saturated heterocycles. The molecule has 0 aliphatic heterocycles. The van der Waals surface area contributed by atoms with E-state index in [1.54, 1.807) is 22.3 Å². The van der Waals surface area contributed by atoms with Crippen LogP contribution in [0.5, 0.6) is 0 Å². The maximum absolute atomic E-state index is 12.7. The first-order valence-corrected chi connectivity index (χ1v) is 11.0. The van der Waals surface area contributed by atoms with Crippen molar-refractivity contribution in [3.8, 4) is 16.5 Å².